The monoisotopic (exact) mass is 233 g/mol. The predicted molar refractivity (Wildman–Crippen MR) is 64.5 cm³/mol. The summed E-state index contributed by atoms with van der Waals surface area (Å²) in [5.74, 6) is 0.753. The van der Waals surface area contributed by atoms with Crippen molar-refractivity contribution < 1.29 is 14.3 Å². The number of amides is 1. The van der Waals surface area contributed by atoms with Gasteiger partial charge in [0.2, 0.25) is 5.91 Å². The fraction of sp³-hybridized carbons (Fsp3) is 0.308. The number of carbonyl (C=O) groups excluding carboxylic acids is 1. The second-order valence-electron chi connectivity index (χ2n) is 3.87. The predicted octanol–water partition coefficient (Wildman–Crippen LogP) is 1.57. The lowest BCUT2D eigenvalue weighted by Crippen LogP contribution is -2.10. The summed E-state index contributed by atoms with van der Waals surface area (Å²) in [6, 6.07) is 7.66. The Kier molecular flexibility index (Phi) is 3.77. The summed E-state index contributed by atoms with van der Waals surface area (Å²) in [5, 5.41) is 2.59. The lowest BCUT2D eigenvalue weighted by atomic mass is 10.2. The van der Waals surface area contributed by atoms with Crippen molar-refractivity contribution in [2.24, 2.45) is 0 Å². The highest BCUT2D eigenvalue weighted by Crippen LogP contribution is 2.16. The number of rotatable bonds is 5. The number of nitrogens with one attached hydrogen (secondary N) is 1. The number of hydrogen-bond donors (Lipinski definition) is 1. The van der Waals surface area contributed by atoms with Gasteiger partial charge in [-0.1, -0.05) is 12.1 Å². The van der Waals surface area contributed by atoms with E-state index in [0.717, 1.165) is 17.9 Å². The van der Waals surface area contributed by atoms with Crippen LogP contribution in [0.2, 0.25) is 0 Å². The lowest BCUT2D eigenvalue weighted by molar-refractivity contribution is -0.118. The molecule has 1 N–H and O–H groups in total. The number of epoxide rings is 1. The summed E-state index contributed by atoms with van der Waals surface area (Å²) in [4.78, 5) is 10.6. The SMILES string of the molecule is CC(=O)NC=Cc1ccc(OCC2CO2)cc1. The van der Waals surface area contributed by atoms with Crippen LogP contribution in [-0.4, -0.2) is 25.2 Å². The normalized spacial score (nSPS) is 18.1. The summed E-state index contributed by atoms with van der Waals surface area (Å²) in [6.07, 6.45) is 3.72. The minimum absolute atomic E-state index is 0.0781. The Morgan fingerprint density at radius 3 is 2.82 bits per heavy atom. The van der Waals surface area contributed by atoms with Crippen LogP contribution >= 0.6 is 0 Å². The van der Waals surface area contributed by atoms with E-state index in [2.05, 4.69) is 5.32 Å². The van der Waals surface area contributed by atoms with Crippen LogP contribution in [0.25, 0.3) is 6.08 Å². The Bertz CT molecular complexity index is 407. The molecule has 1 aliphatic rings. The molecular formula is C13H15NO3. The zero-order valence-corrected chi connectivity index (χ0v) is 9.68. The third kappa shape index (κ3) is 4.28. The molecule has 17 heavy (non-hydrogen) atoms. The smallest absolute Gasteiger partial charge is 0.220 e. The molecule has 0 saturated carbocycles. The second kappa shape index (κ2) is 5.50. The van der Waals surface area contributed by atoms with Crippen molar-refractivity contribution in [3.8, 4) is 5.75 Å². The first-order valence-electron chi connectivity index (χ1n) is 5.52. The highest BCUT2D eigenvalue weighted by atomic mass is 16.6. The van der Waals surface area contributed by atoms with E-state index in [1.807, 2.05) is 30.3 Å². The van der Waals surface area contributed by atoms with Gasteiger partial charge in [0, 0.05) is 13.1 Å². The quantitative estimate of drug-likeness (QED) is 0.785. The van der Waals surface area contributed by atoms with Crippen LogP contribution in [0.3, 0.4) is 0 Å². The van der Waals surface area contributed by atoms with Crippen molar-refractivity contribution in [3.05, 3.63) is 36.0 Å². The van der Waals surface area contributed by atoms with Gasteiger partial charge in [0.1, 0.15) is 18.5 Å². The zero-order valence-electron chi connectivity index (χ0n) is 9.68. The first-order valence-corrected chi connectivity index (χ1v) is 5.52. The molecule has 1 fully saturated rings. The first kappa shape index (κ1) is 11.7. The second-order valence-corrected chi connectivity index (χ2v) is 3.87. The molecule has 1 saturated heterocycles. The molecular weight excluding hydrogens is 218 g/mol. The van der Waals surface area contributed by atoms with Gasteiger partial charge in [0.25, 0.3) is 0 Å². The highest BCUT2D eigenvalue weighted by molar-refractivity contribution is 5.74. The molecule has 1 aromatic rings. The van der Waals surface area contributed by atoms with Gasteiger partial charge in [-0.25, -0.2) is 0 Å². The summed E-state index contributed by atoms with van der Waals surface area (Å²) < 4.78 is 10.6. The largest absolute Gasteiger partial charge is 0.491 e. The number of hydrogen-bond acceptors (Lipinski definition) is 3. The van der Waals surface area contributed by atoms with E-state index in [0.29, 0.717) is 6.61 Å². The van der Waals surface area contributed by atoms with Crippen molar-refractivity contribution in [2.45, 2.75) is 13.0 Å². The molecule has 1 amide bonds. The summed E-state index contributed by atoms with van der Waals surface area (Å²) in [5.41, 5.74) is 1.01. The average Bonchev–Trinajstić information content (AvgIpc) is 3.11. The topological polar surface area (TPSA) is 50.9 Å². The summed E-state index contributed by atoms with van der Waals surface area (Å²) in [6.45, 7) is 2.89. The molecule has 1 aliphatic heterocycles. The average molecular weight is 233 g/mol. The summed E-state index contributed by atoms with van der Waals surface area (Å²) in [7, 11) is 0. The lowest BCUT2D eigenvalue weighted by Gasteiger charge is -2.03. The Hall–Kier alpha value is -1.81. The van der Waals surface area contributed by atoms with E-state index in [9.17, 15) is 4.79 Å². The van der Waals surface area contributed by atoms with Crippen LogP contribution < -0.4 is 10.1 Å². The van der Waals surface area contributed by atoms with Crippen LogP contribution in [-0.2, 0) is 9.53 Å². The van der Waals surface area contributed by atoms with E-state index in [-0.39, 0.29) is 12.0 Å². The molecule has 1 aromatic carbocycles. The van der Waals surface area contributed by atoms with E-state index in [4.69, 9.17) is 9.47 Å². The standard InChI is InChI=1S/C13H15NO3/c1-10(15)14-7-6-11-2-4-12(5-3-11)16-8-13-9-17-13/h2-7,13H,8-9H2,1H3,(H,14,15). The van der Waals surface area contributed by atoms with Gasteiger partial charge in [-0.2, -0.15) is 0 Å². The van der Waals surface area contributed by atoms with Crippen LogP contribution in [0.5, 0.6) is 5.75 Å². The molecule has 1 heterocycles. The molecule has 0 spiro atoms. The van der Waals surface area contributed by atoms with E-state index < -0.39 is 0 Å². The van der Waals surface area contributed by atoms with Crippen LogP contribution in [0.1, 0.15) is 12.5 Å². The number of benzene rings is 1. The zero-order chi connectivity index (χ0) is 12.1. The Labute approximate surface area is 100 Å². The van der Waals surface area contributed by atoms with E-state index in [1.165, 1.54) is 6.92 Å². The van der Waals surface area contributed by atoms with Crippen molar-refractivity contribution in [3.63, 3.8) is 0 Å². The van der Waals surface area contributed by atoms with E-state index >= 15 is 0 Å². The minimum atomic E-state index is -0.0781. The number of carbonyl (C=O) groups is 1. The maximum Gasteiger partial charge on any atom is 0.220 e. The number of ether oxygens (including phenoxy) is 2. The fourth-order valence-corrected chi connectivity index (χ4v) is 1.28. The first-order chi connectivity index (χ1) is 8.24. The maximum absolute atomic E-state index is 10.6. The van der Waals surface area contributed by atoms with Gasteiger partial charge in [-0.05, 0) is 23.8 Å². The van der Waals surface area contributed by atoms with Crippen LogP contribution in [0.4, 0.5) is 0 Å². The van der Waals surface area contributed by atoms with Crippen molar-refractivity contribution in [1.29, 1.82) is 0 Å². The highest BCUT2D eigenvalue weighted by Gasteiger charge is 2.22. The fourth-order valence-electron chi connectivity index (χ4n) is 1.28. The van der Waals surface area contributed by atoms with Gasteiger partial charge in [-0.15, -0.1) is 0 Å². The minimum Gasteiger partial charge on any atom is -0.491 e. The molecule has 0 bridgehead atoms. The molecule has 0 aliphatic carbocycles. The Morgan fingerprint density at radius 2 is 2.24 bits per heavy atom. The molecule has 1 unspecified atom stereocenters. The molecule has 90 valence electrons. The molecule has 0 aromatic heterocycles. The van der Waals surface area contributed by atoms with Crippen LogP contribution in [0, 0.1) is 0 Å². The molecule has 2 rings (SSSR count). The maximum atomic E-state index is 10.6. The summed E-state index contributed by atoms with van der Waals surface area (Å²) >= 11 is 0. The van der Waals surface area contributed by atoms with Crippen molar-refractivity contribution >= 4 is 12.0 Å². The molecule has 4 nitrogen and oxygen atoms in total. The third-order valence-electron chi connectivity index (χ3n) is 2.28. The van der Waals surface area contributed by atoms with Gasteiger partial charge < -0.3 is 14.8 Å². The van der Waals surface area contributed by atoms with Gasteiger partial charge in [0.15, 0.2) is 0 Å². The molecule has 4 heteroatoms. The third-order valence-corrected chi connectivity index (χ3v) is 2.28. The Morgan fingerprint density at radius 1 is 1.53 bits per heavy atom. The van der Waals surface area contributed by atoms with Gasteiger partial charge in [0.05, 0.1) is 6.61 Å². The van der Waals surface area contributed by atoms with Gasteiger partial charge in [-0.3, -0.25) is 4.79 Å². The van der Waals surface area contributed by atoms with E-state index in [1.54, 1.807) is 6.20 Å². The Balaban J connectivity index is 1.83. The van der Waals surface area contributed by atoms with Crippen molar-refractivity contribution in [2.75, 3.05) is 13.2 Å². The molecule has 1 atom stereocenters. The van der Waals surface area contributed by atoms with Crippen molar-refractivity contribution in [1.82, 2.24) is 5.32 Å². The molecule has 0 radical (unpaired) electrons. The van der Waals surface area contributed by atoms with Gasteiger partial charge >= 0.3 is 0 Å². The van der Waals surface area contributed by atoms with Crippen LogP contribution in [0.15, 0.2) is 30.5 Å².